The van der Waals surface area contributed by atoms with E-state index in [1.54, 1.807) is 6.33 Å². The molecule has 0 unspecified atom stereocenters. The van der Waals surface area contributed by atoms with E-state index in [4.69, 9.17) is 11.6 Å². The lowest BCUT2D eigenvalue weighted by Gasteiger charge is -2.37. The first-order valence-electron chi connectivity index (χ1n) is 7.50. The highest BCUT2D eigenvalue weighted by Crippen LogP contribution is 2.34. The van der Waals surface area contributed by atoms with Gasteiger partial charge < -0.3 is 5.32 Å². The zero-order valence-electron chi connectivity index (χ0n) is 11.4. The number of hydrogen-bond acceptors (Lipinski definition) is 3. The van der Waals surface area contributed by atoms with E-state index in [9.17, 15) is 0 Å². The first-order chi connectivity index (χ1) is 9.33. The van der Waals surface area contributed by atoms with E-state index < -0.39 is 0 Å². The minimum absolute atomic E-state index is 0.0549. The number of nitrogens with zero attached hydrogens (tertiary/aromatic N) is 2. The van der Waals surface area contributed by atoms with Gasteiger partial charge in [-0.2, -0.15) is 0 Å². The fourth-order valence-electron chi connectivity index (χ4n) is 3.40. The van der Waals surface area contributed by atoms with Gasteiger partial charge >= 0.3 is 0 Å². The van der Waals surface area contributed by atoms with Crippen LogP contribution in [0.5, 0.6) is 0 Å². The smallest absolute Gasteiger partial charge is 0.133 e. The summed E-state index contributed by atoms with van der Waals surface area (Å²) >= 11 is 6.26. The Morgan fingerprint density at radius 1 is 1.05 bits per heavy atom. The van der Waals surface area contributed by atoms with E-state index in [2.05, 4.69) is 15.3 Å². The van der Waals surface area contributed by atoms with Crippen molar-refractivity contribution in [3.63, 3.8) is 0 Å². The molecule has 104 valence electrons. The van der Waals surface area contributed by atoms with Crippen molar-refractivity contribution in [2.75, 3.05) is 11.2 Å². The maximum absolute atomic E-state index is 6.26. The zero-order valence-corrected chi connectivity index (χ0v) is 12.2. The Labute approximate surface area is 120 Å². The highest BCUT2D eigenvalue weighted by Gasteiger charge is 2.32. The van der Waals surface area contributed by atoms with Crippen molar-refractivity contribution in [1.82, 2.24) is 9.97 Å². The van der Waals surface area contributed by atoms with E-state index in [-0.39, 0.29) is 5.54 Å². The molecule has 0 bridgehead atoms. The van der Waals surface area contributed by atoms with Crippen LogP contribution in [0.3, 0.4) is 0 Å². The maximum atomic E-state index is 6.26. The van der Waals surface area contributed by atoms with E-state index in [0.29, 0.717) is 5.88 Å². The second-order valence-electron chi connectivity index (χ2n) is 5.95. The van der Waals surface area contributed by atoms with Crippen LogP contribution >= 0.6 is 11.6 Å². The van der Waals surface area contributed by atoms with Gasteiger partial charge in [-0.25, -0.2) is 9.97 Å². The molecule has 19 heavy (non-hydrogen) atoms. The quantitative estimate of drug-likeness (QED) is 0.857. The molecule has 1 heterocycles. The topological polar surface area (TPSA) is 37.8 Å². The molecule has 0 radical (unpaired) electrons. The molecule has 1 fully saturated rings. The summed E-state index contributed by atoms with van der Waals surface area (Å²) in [6, 6.07) is 0. The minimum atomic E-state index is 0.0549. The second-order valence-corrected chi connectivity index (χ2v) is 6.22. The number of hydrogen-bond donors (Lipinski definition) is 1. The average Bonchev–Trinajstić information content (AvgIpc) is 2.49. The molecule has 0 aromatic carbocycles. The van der Waals surface area contributed by atoms with Crippen LogP contribution in [0.4, 0.5) is 5.82 Å². The normalized spacial score (nSPS) is 21.7. The number of aryl methyl sites for hydroxylation is 1. The molecule has 1 aromatic heterocycles. The fraction of sp³-hybridized carbons (Fsp3) is 0.733. The largest absolute Gasteiger partial charge is 0.363 e. The lowest BCUT2D eigenvalue weighted by atomic mass is 9.83. The first kappa shape index (κ1) is 13.2. The number of alkyl halides is 1. The predicted molar refractivity (Wildman–Crippen MR) is 78.8 cm³/mol. The zero-order chi connectivity index (χ0) is 13.1. The minimum Gasteiger partial charge on any atom is -0.363 e. The molecular weight excluding hydrogens is 258 g/mol. The van der Waals surface area contributed by atoms with Gasteiger partial charge in [-0.15, -0.1) is 11.6 Å². The monoisotopic (exact) mass is 279 g/mol. The van der Waals surface area contributed by atoms with Gasteiger partial charge in [-0.1, -0.05) is 19.3 Å². The molecule has 1 saturated carbocycles. The molecular formula is C15H22ClN3. The van der Waals surface area contributed by atoms with E-state index in [0.717, 1.165) is 31.5 Å². The number of fused-ring (bicyclic) bond motifs is 1. The molecule has 4 heteroatoms. The number of rotatable bonds is 3. The van der Waals surface area contributed by atoms with Crippen molar-refractivity contribution in [2.24, 2.45) is 0 Å². The van der Waals surface area contributed by atoms with Crippen LogP contribution in [0.1, 0.15) is 56.2 Å². The van der Waals surface area contributed by atoms with Gasteiger partial charge in [-0.3, -0.25) is 0 Å². The van der Waals surface area contributed by atoms with Gasteiger partial charge in [0.25, 0.3) is 0 Å². The van der Waals surface area contributed by atoms with Gasteiger partial charge in [0.05, 0.1) is 5.54 Å². The van der Waals surface area contributed by atoms with Crippen LogP contribution in [-0.2, 0) is 12.8 Å². The Bertz CT molecular complexity index is 441. The van der Waals surface area contributed by atoms with Crippen LogP contribution in [0, 0.1) is 0 Å². The van der Waals surface area contributed by atoms with Gasteiger partial charge in [0.2, 0.25) is 0 Å². The molecule has 0 amide bonds. The molecule has 2 aliphatic rings. The molecule has 0 aliphatic heterocycles. The van der Waals surface area contributed by atoms with Crippen molar-refractivity contribution < 1.29 is 0 Å². The molecule has 1 N–H and O–H groups in total. The SMILES string of the molecule is ClCC1(Nc2ncnc3c2CCCC3)CCCCC1. The van der Waals surface area contributed by atoms with Crippen molar-refractivity contribution >= 4 is 17.4 Å². The summed E-state index contributed by atoms with van der Waals surface area (Å²) in [5, 5.41) is 3.69. The number of nitrogens with one attached hydrogen (secondary N) is 1. The van der Waals surface area contributed by atoms with Crippen LogP contribution in [-0.4, -0.2) is 21.4 Å². The van der Waals surface area contributed by atoms with Crippen molar-refractivity contribution in [1.29, 1.82) is 0 Å². The second kappa shape index (κ2) is 5.66. The molecule has 0 spiro atoms. The van der Waals surface area contributed by atoms with Gasteiger partial charge in [0, 0.05) is 17.1 Å². The molecule has 1 aromatic rings. The third-order valence-electron chi connectivity index (χ3n) is 4.57. The summed E-state index contributed by atoms with van der Waals surface area (Å²) in [6.45, 7) is 0. The third-order valence-corrected chi connectivity index (χ3v) is 5.09. The van der Waals surface area contributed by atoms with Crippen LogP contribution in [0.15, 0.2) is 6.33 Å². The highest BCUT2D eigenvalue weighted by molar-refractivity contribution is 6.18. The standard InChI is InChI=1S/C15H22ClN3/c16-10-15(8-4-1-5-9-15)19-14-12-6-2-3-7-13(12)17-11-18-14/h11H,1-10H2,(H,17,18,19). The molecule has 0 atom stereocenters. The summed E-state index contributed by atoms with van der Waals surface area (Å²) < 4.78 is 0. The third kappa shape index (κ3) is 2.71. The van der Waals surface area contributed by atoms with Gasteiger partial charge in [0.1, 0.15) is 12.1 Å². The summed E-state index contributed by atoms with van der Waals surface area (Å²) in [4.78, 5) is 8.94. The Morgan fingerprint density at radius 2 is 1.84 bits per heavy atom. The van der Waals surface area contributed by atoms with E-state index in [1.165, 1.54) is 43.4 Å². The summed E-state index contributed by atoms with van der Waals surface area (Å²) in [7, 11) is 0. The maximum Gasteiger partial charge on any atom is 0.133 e. The van der Waals surface area contributed by atoms with Gasteiger partial charge in [-0.05, 0) is 38.5 Å². The highest BCUT2D eigenvalue weighted by atomic mass is 35.5. The van der Waals surface area contributed by atoms with Crippen molar-refractivity contribution in [2.45, 2.75) is 63.3 Å². The summed E-state index contributed by atoms with van der Waals surface area (Å²) in [6.07, 6.45) is 12.6. The molecule has 3 rings (SSSR count). The van der Waals surface area contributed by atoms with E-state index in [1.807, 2.05) is 0 Å². The lowest BCUT2D eigenvalue weighted by Crippen LogP contribution is -2.43. The van der Waals surface area contributed by atoms with Crippen molar-refractivity contribution in [3.8, 4) is 0 Å². The van der Waals surface area contributed by atoms with Crippen LogP contribution in [0.2, 0.25) is 0 Å². The number of anilines is 1. The first-order valence-corrected chi connectivity index (χ1v) is 8.03. The van der Waals surface area contributed by atoms with Crippen LogP contribution in [0.25, 0.3) is 0 Å². The Kier molecular flexibility index (Phi) is 3.92. The number of aromatic nitrogens is 2. The van der Waals surface area contributed by atoms with Gasteiger partial charge in [0.15, 0.2) is 0 Å². The summed E-state index contributed by atoms with van der Waals surface area (Å²) in [5.41, 5.74) is 2.63. The van der Waals surface area contributed by atoms with Crippen molar-refractivity contribution in [3.05, 3.63) is 17.6 Å². The Balaban J connectivity index is 1.85. The molecule has 2 aliphatic carbocycles. The van der Waals surface area contributed by atoms with Crippen LogP contribution < -0.4 is 5.32 Å². The Morgan fingerprint density at radius 3 is 2.63 bits per heavy atom. The fourth-order valence-corrected chi connectivity index (χ4v) is 3.73. The predicted octanol–water partition coefficient (Wildman–Crippen LogP) is 3.71. The molecule has 3 nitrogen and oxygen atoms in total. The van der Waals surface area contributed by atoms with E-state index >= 15 is 0 Å². The summed E-state index contributed by atoms with van der Waals surface area (Å²) in [5.74, 6) is 1.72. The molecule has 0 saturated heterocycles. The average molecular weight is 280 g/mol. The Hall–Kier alpha value is -0.830. The lowest BCUT2D eigenvalue weighted by molar-refractivity contribution is 0.352. The number of halogens is 1.